The highest BCUT2D eigenvalue weighted by atomic mass is 16.2. The van der Waals surface area contributed by atoms with Crippen molar-refractivity contribution < 1.29 is 9.59 Å². The molecule has 0 radical (unpaired) electrons. The van der Waals surface area contributed by atoms with E-state index >= 15 is 0 Å². The molecule has 2 fully saturated rings. The summed E-state index contributed by atoms with van der Waals surface area (Å²) < 4.78 is 1.78. The molecular weight excluding hydrogens is 334 g/mol. The molecule has 2 saturated heterocycles. The predicted octanol–water partition coefficient (Wildman–Crippen LogP) is 1.02. The molecule has 4 heterocycles. The maximum absolute atomic E-state index is 12.5. The lowest BCUT2D eigenvalue weighted by Crippen LogP contribution is -2.39. The molecule has 9 heteroatoms. The van der Waals surface area contributed by atoms with E-state index in [2.05, 4.69) is 20.5 Å². The molecule has 1 N–H and O–H groups in total. The number of likely N-dealkylation sites (tertiary alicyclic amines) is 2. The monoisotopic (exact) mass is 357 g/mol. The third-order valence-corrected chi connectivity index (χ3v) is 5.17. The molecule has 138 valence electrons. The van der Waals surface area contributed by atoms with Gasteiger partial charge in [0, 0.05) is 31.9 Å². The standard InChI is InChI=1S/C17H23N7O2/c1-12-10-14(19-18-12)16(25)23-8-4-13(5-9-23)24-11-15(20-21-24)17(26)22-6-2-3-7-22/h10-11,13H,2-9H2,1H3,(H,18,19). The van der Waals surface area contributed by atoms with E-state index in [0.717, 1.165) is 44.5 Å². The van der Waals surface area contributed by atoms with Crippen LogP contribution in [0, 0.1) is 6.92 Å². The first-order valence-corrected chi connectivity index (χ1v) is 9.14. The maximum atomic E-state index is 12.5. The minimum Gasteiger partial charge on any atom is -0.337 e. The first-order chi connectivity index (χ1) is 12.6. The van der Waals surface area contributed by atoms with Gasteiger partial charge in [0.2, 0.25) is 0 Å². The number of amides is 2. The SMILES string of the molecule is Cc1cc(C(=O)N2CCC(n3cc(C(=O)N4CCCC4)nn3)CC2)n[nH]1. The van der Waals surface area contributed by atoms with Gasteiger partial charge in [0.15, 0.2) is 5.69 Å². The van der Waals surface area contributed by atoms with Gasteiger partial charge in [-0.1, -0.05) is 5.21 Å². The fourth-order valence-corrected chi connectivity index (χ4v) is 3.66. The van der Waals surface area contributed by atoms with Gasteiger partial charge in [-0.3, -0.25) is 14.7 Å². The number of nitrogens with one attached hydrogen (secondary N) is 1. The fraction of sp³-hybridized carbons (Fsp3) is 0.588. The Morgan fingerprint density at radius 2 is 1.69 bits per heavy atom. The van der Waals surface area contributed by atoms with Crippen molar-refractivity contribution in [2.45, 2.75) is 38.6 Å². The first kappa shape index (κ1) is 16.7. The highest BCUT2D eigenvalue weighted by Crippen LogP contribution is 2.23. The Morgan fingerprint density at radius 1 is 1.04 bits per heavy atom. The molecule has 4 rings (SSSR count). The number of carbonyl (C=O) groups is 2. The van der Waals surface area contributed by atoms with Crippen molar-refractivity contribution in [3.63, 3.8) is 0 Å². The molecule has 2 aliphatic rings. The largest absolute Gasteiger partial charge is 0.337 e. The number of aromatic nitrogens is 5. The summed E-state index contributed by atoms with van der Waals surface area (Å²) in [7, 11) is 0. The first-order valence-electron chi connectivity index (χ1n) is 9.14. The van der Waals surface area contributed by atoms with Gasteiger partial charge in [-0.25, -0.2) is 4.68 Å². The lowest BCUT2D eigenvalue weighted by atomic mass is 10.0. The Morgan fingerprint density at radius 3 is 2.35 bits per heavy atom. The quantitative estimate of drug-likeness (QED) is 0.884. The number of rotatable bonds is 3. The summed E-state index contributed by atoms with van der Waals surface area (Å²) in [6, 6.07) is 1.93. The van der Waals surface area contributed by atoms with Crippen LogP contribution in [0.3, 0.4) is 0 Å². The number of aromatic amines is 1. The summed E-state index contributed by atoms with van der Waals surface area (Å²) in [4.78, 5) is 28.5. The van der Waals surface area contributed by atoms with Crippen LogP contribution in [0.25, 0.3) is 0 Å². The van der Waals surface area contributed by atoms with Gasteiger partial charge in [0.25, 0.3) is 11.8 Å². The zero-order valence-electron chi connectivity index (χ0n) is 14.9. The number of piperidine rings is 1. The lowest BCUT2D eigenvalue weighted by Gasteiger charge is -2.31. The van der Waals surface area contributed by atoms with Gasteiger partial charge < -0.3 is 9.80 Å². The van der Waals surface area contributed by atoms with Gasteiger partial charge >= 0.3 is 0 Å². The van der Waals surface area contributed by atoms with Crippen LogP contribution in [0.5, 0.6) is 0 Å². The summed E-state index contributed by atoms with van der Waals surface area (Å²) in [5, 5.41) is 15.1. The Labute approximate surface area is 151 Å². The summed E-state index contributed by atoms with van der Waals surface area (Å²) in [6.45, 7) is 4.77. The Bertz CT molecular complexity index is 798. The zero-order valence-corrected chi connectivity index (χ0v) is 14.9. The molecule has 0 spiro atoms. The van der Waals surface area contributed by atoms with E-state index in [1.54, 1.807) is 16.9 Å². The number of hydrogen-bond donors (Lipinski definition) is 1. The lowest BCUT2D eigenvalue weighted by molar-refractivity contribution is 0.0683. The molecule has 2 aliphatic heterocycles. The van der Waals surface area contributed by atoms with Gasteiger partial charge in [-0.05, 0) is 38.7 Å². The summed E-state index contributed by atoms with van der Waals surface area (Å²) in [5.41, 5.74) is 1.75. The van der Waals surface area contributed by atoms with Crippen LogP contribution in [-0.2, 0) is 0 Å². The summed E-state index contributed by atoms with van der Waals surface area (Å²) in [5.74, 6) is -0.0773. The molecule has 0 atom stereocenters. The molecule has 26 heavy (non-hydrogen) atoms. The van der Waals surface area contributed by atoms with E-state index in [1.165, 1.54) is 0 Å². The maximum Gasteiger partial charge on any atom is 0.276 e. The van der Waals surface area contributed by atoms with Crippen molar-refractivity contribution in [2.24, 2.45) is 0 Å². The van der Waals surface area contributed by atoms with Crippen LogP contribution < -0.4 is 0 Å². The van der Waals surface area contributed by atoms with Gasteiger partial charge in [-0.15, -0.1) is 5.10 Å². The van der Waals surface area contributed by atoms with Crippen LogP contribution >= 0.6 is 0 Å². The molecule has 0 aromatic carbocycles. The molecule has 0 aliphatic carbocycles. The van der Waals surface area contributed by atoms with Gasteiger partial charge in [0.05, 0.1) is 12.2 Å². The minimum atomic E-state index is -0.0451. The second kappa shape index (κ2) is 6.89. The number of carbonyl (C=O) groups excluding carboxylic acids is 2. The van der Waals surface area contributed by atoms with E-state index in [1.807, 2.05) is 16.7 Å². The van der Waals surface area contributed by atoms with E-state index < -0.39 is 0 Å². The van der Waals surface area contributed by atoms with Crippen LogP contribution in [-0.4, -0.2) is 73.0 Å². The fourth-order valence-electron chi connectivity index (χ4n) is 3.66. The highest BCUT2D eigenvalue weighted by Gasteiger charge is 2.28. The Kier molecular flexibility index (Phi) is 4.44. The Hall–Kier alpha value is -2.71. The van der Waals surface area contributed by atoms with Crippen LogP contribution in [0.4, 0.5) is 0 Å². The van der Waals surface area contributed by atoms with E-state index in [9.17, 15) is 9.59 Å². The molecule has 0 unspecified atom stereocenters. The molecule has 0 saturated carbocycles. The van der Waals surface area contributed by atoms with Gasteiger partial charge in [0.1, 0.15) is 5.69 Å². The number of nitrogens with zero attached hydrogens (tertiary/aromatic N) is 6. The van der Waals surface area contributed by atoms with Crippen molar-refractivity contribution in [3.8, 4) is 0 Å². The molecular formula is C17H23N7O2. The van der Waals surface area contributed by atoms with Gasteiger partial charge in [-0.2, -0.15) is 5.10 Å². The molecule has 2 aromatic heterocycles. The van der Waals surface area contributed by atoms with Crippen LogP contribution in [0.2, 0.25) is 0 Å². The average molecular weight is 357 g/mol. The summed E-state index contributed by atoms with van der Waals surface area (Å²) in [6.07, 6.45) is 5.44. The number of aryl methyl sites for hydroxylation is 1. The van der Waals surface area contributed by atoms with Crippen molar-refractivity contribution in [3.05, 3.63) is 29.3 Å². The Balaban J connectivity index is 1.36. The topological polar surface area (TPSA) is 100 Å². The third-order valence-electron chi connectivity index (χ3n) is 5.17. The van der Waals surface area contributed by atoms with E-state index in [4.69, 9.17) is 0 Å². The normalized spacial score (nSPS) is 18.5. The van der Waals surface area contributed by atoms with E-state index in [0.29, 0.717) is 24.5 Å². The van der Waals surface area contributed by atoms with E-state index in [-0.39, 0.29) is 17.9 Å². The minimum absolute atomic E-state index is 0.0322. The van der Waals surface area contributed by atoms with Crippen molar-refractivity contribution in [2.75, 3.05) is 26.2 Å². The molecule has 2 amide bonds. The third kappa shape index (κ3) is 3.21. The summed E-state index contributed by atoms with van der Waals surface area (Å²) >= 11 is 0. The van der Waals surface area contributed by atoms with Crippen LogP contribution in [0.15, 0.2) is 12.3 Å². The molecule has 2 aromatic rings. The number of hydrogen-bond acceptors (Lipinski definition) is 5. The van der Waals surface area contributed by atoms with Crippen LogP contribution in [0.1, 0.15) is 58.4 Å². The average Bonchev–Trinajstić information content (AvgIpc) is 3.42. The zero-order chi connectivity index (χ0) is 18.1. The van der Waals surface area contributed by atoms with Crippen molar-refractivity contribution in [1.82, 2.24) is 35.0 Å². The molecule has 0 bridgehead atoms. The highest BCUT2D eigenvalue weighted by molar-refractivity contribution is 5.92. The van der Waals surface area contributed by atoms with Crippen molar-refractivity contribution >= 4 is 11.8 Å². The van der Waals surface area contributed by atoms with Crippen molar-refractivity contribution in [1.29, 1.82) is 0 Å². The second-order valence-corrected chi connectivity index (χ2v) is 7.04. The molecule has 9 nitrogen and oxygen atoms in total. The smallest absolute Gasteiger partial charge is 0.276 e. The number of H-pyrrole nitrogens is 1. The second-order valence-electron chi connectivity index (χ2n) is 7.04. The predicted molar refractivity (Wildman–Crippen MR) is 92.7 cm³/mol.